The van der Waals surface area contributed by atoms with Gasteiger partial charge in [-0.2, -0.15) is 8.78 Å². The minimum absolute atomic E-state index is 0.105. The molecular formula is C17H14F2N4OS3. The van der Waals surface area contributed by atoms with Crippen LogP contribution in [-0.2, 0) is 12.3 Å². The standard InChI is InChI=1S/C17H14F2N4OS3/c1-2-22-15(24)13-10(11-4-3-7-25-11)8-26-14(13)21-17(22)27-9-12-20-5-6-23(12)16(18)19/h3-8,16H,2,9H2,1H3. The van der Waals surface area contributed by atoms with Gasteiger partial charge in [-0.1, -0.05) is 17.8 Å². The average Bonchev–Trinajstić information content (AvgIpc) is 3.38. The number of halogens is 2. The van der Waals surface area contributed by atoms with Gasteiger partial charge in [-0.15, -0.1) is 22.7 Å². The van der Waals surface area contributed by atoms with Crippen LogP contribution in [0.15, 0.2) is 45.2 Å². The molecule has 0 bridgehead atoms. The Morgan fingerprint density at radius 2 is 2.19 bits per heavy atom. The third kappa shape index (κ3) is 3.32. The molecule has 0 aliphatic carbocycles. The number of alkyl halides is 2. The van der Waals surface area contributed by atoms with E-state index in [1.807, 2.05) is 29.8 Å². The Labute approximate surface area is 165 Å². The number of rotatable bonds is 6. The second-order valence-corrected chi connectivity index (χ2v) is 8.32. The number of thiophene rings is 2. The zero-order chi connectivity index (χ0) is 19.0. The fourth-order valence-corrected chi connectivity index (χ4v) is 5.59. The molecule has 0 unspecified atom stereocenters. The Balaban J connectivity index is 1.73. The minimum Gasteiger partial charge on any atom is -0.287 e. The average molecular weight is 425 g/mol. The largest absolute Gasteiger partial charge is 0.319 e. The molecule has 27 heavy (non-hydrogen) atoms. The lowest BCUT2D eigenvalue weighted by Crippen LogP contribution is -2.22. The molecule has 0 saturated carbocycles. The summed E-state index contributed by atoms with van der Waals surface area (Å²) in [5.74, 6) is 0.454. The van der Waals surface area contributed by atoms with Crippen LogP contribution < -0.4 is 5.56 Å². The molecule has 0 atom stereocenters. The molecule has 4 heterocycles. The van der Waals surface area contributed by atoms with Crippen molar-refractivity contribution in [2.24, 2.45) is 0 Å². The number of nitrogens with zero attached hydrogens (tertiary/aromatic N) is 4. The highest BCUT2D eigenvalue weighted by Gasteiger charge is 2.18. The Morgan fingerprint density at radius 1 is 1.33 bits per heavy atom. The van der Waals surface area contributed by atoms with E-state index in [2.05, 4.69) is 9.97 Å². The molecule has 0 aliphatic rings. The van der Waals surface area contributed by atoms with E-state index in [-0.39, 0.29) is 17.1 Å². The molecule has 10 heteroatoms. The molecule has 0 aromatic carbocycles. The van der Waals surface area contributed by atoms with E-state index in [0.29, 0.717) is 21.9 Å². The highest BCUT2D eigenvalue weighted by atomic mass is 32.2. The number of fused-ring (bicyclic) bond motifs is 1. The Bertz CT molecular complexity index is 1130. The molecule has 0 fully saturated rings. The first-order valence-electron chi connectivity index (χ1n) is 8.08. The van der Waals surface area contributed by atoms with Crippen LogP contribution in [0.2, 0.25) is 0 Å². The fraction of sp³-hybridized carbons (Fsp3) is 0.235. The van der Waals surface area contributed by atoms with Gasteiger partial charge in [-0.05, 0) is 18.4 Å². The normalized spacial score (nSPS) is 11.7. The van der Waals surface area contributed by atoms with E-state index >= 15 is 0 Å². The maximum atomic E-state index is 13.1. The molecule has 4 aromatic rings. The van der Waals surface area contributed by atoms with E-state index < -0.39 is 6.55 Å². The zero-order valence-corrected chi connectivity index (χ0v) is 16.6. The zero-order valence-electron chi connectivity index (χ0n) is 14.1. The Hall–Kier alpha value is -2.04. The van der Waals surface area contributed by atoms with E-state index in [1.54, 1.807) is 15.9 Å². The van der Waals surface area contributed by atoms with E-state index in [9.17, 15) is 13.6 Å². The number of hydrogen-bond acceptors (Lipinski definition) is 6. The van der Waals surface area contributed by atoms with Gasteiger partial charge in [0.2, 0.25) is 0 Å². The van der Waals surface area contributed by atoms with Crippen LogP contribution in [0.4, 0.5) is 8.78 Å². The van der Waals surface area contributed by atoms with Crippen LogP contribution >= 0.6 is 34.4 Å². The van der Waals surface area contributed by atoms with Gasteiger partial charge in [-0.25, -0.2) is 9.97 Å². The molecule has 140 valence electrons. The van der Waals surface area contributed by atoms with E-state index in [4.69, 9.17) is 0 Å². The summed E-state index contributed by atoms with van der Waals surface area (Å²) in [6, 6.07) is 3.93. The molecule has 0 radical (unpaired) electrons. The lowest BCUT2D eigenvalue weighted by atomic mass is 10.2. The quantitative estimate of drug-likeness (QED) is 0.320. The van der Waals surface area contributed by atoms with Gasteiger partial charge in [0.05, 0.1) is 11.1 Å². The summed E-state index contributed by atoms with van der Waals surface area (Å²) in [5.41, 5.74) is 0.793. The van der Waals surface area contributed by atoms with Crippen LogP contribution in [0.3, 0.4) is 0 Å². The van der Waals surface area contributed by atoms with Gasteiger partial charge in [0.1, 0.15) is 10.7 Å². The highest BCUT2D eigenvalue weighted by molar-refractivity contribution is 7.98. The summed E-state index contributed by atoms with van der Waals surface area (Å²) < 4.78 is 28.4. The van der Waals surface area contributed by atoms with Crippen molar-refractivity contribution in [1.29, 1.82) is 0 Å². The van der Waals surface area contributed by atoms with Crippen molar-refractivity contribution < 1.29 is 8.78 Å². The first-order chi connectivity index (χ1) is 13.1. The monoisotopic (exact) mass is 424 g/mol. The summed E-state index contributed by atoms with van der Waals surface area (Å²) in [7, 11) is 0. The second-order valence-electron chi connectivity index (χ2n) is 5.57. The SMILES string of the molecule is CCn1c(SCc2nccn2C(F)F)nc2scc(-c3cccs3)c2c1=O. The summed E-state index contributed by atoms with van der Waals surface area (Å²) in [6.07, 6.45) is 2.59. The van der Waals surface area contributed by atoms with Crippen LogP contribution in [-0.4, -0.2) is 19.1 Å². The molecule has 0 N–H and O–H groups in total. The van der Waals surface area contributed by atoms with Crippen LogP contribution in [0.5, 0.6) is 0 Å². The van der Waals surface area contributed by atoms with Crippen molar-refractivity contribution in [3.8, 4) is 10.4 Å². The third-order valence-electron chi connectivity index (χ3n) is 4.05. The molecule has 4 rings (SSSR count). The minimum atomic E-state index is -2.64. The maximum Gasteiger partial charge on any atom is 0.319 e. The first kappa shape index (κ1) is 18.3. The van der Waals surface area contributed by atoms with Crippen molar-refractivity contribution in [2.45, 2.75) is 30.9 Å². The summed E-state index contributed by atoms with van der Waals surface area (Å²) >= 11 is 4.24. The van der Waals surface area contributed by atoms with Crippen molar-refractivity contribution in [3.05, 3.63) is 51.5 Å². The van der Waals surface area contributed by atoms with Gasteiger partial charge in [-0.3, -0.25) is 13.9 Å². The number of aromatic nitrogens is 4. The lowest BCUT2D eigenvalue weighted by molar-refractivity contribution is 0.0678. The molecule has 0 saturated heterocycles. The lowest BCUT2D eigenvalue weighted by Gasteiger charge is -2.11. The van der Waals surface area contributed by atoms with Crippen molar-refractivity contribution in [1.82, 2.24) is 19.1 Å². The number of thioether (sulfide) groups is 1. The molecule has 4 aromatic heterocycles. The highest BCUT2D eigenvalue weighted by Crippen LogP contribution is 2.35. The van der Waals surface area contributed by atoms with Gasteiger partial charge in [0, 0.05) is 34.8 Å². The summed E-state index contributed by atoms with van der Waals surface area (Å²) in [6.45, 7) is -0.318. The van der Waals surface area contributed by atoms with Crippen LogP contribution in [0, 0.1) is 0 Å². The van der Waals surface area contributed by atoms with Gasteiger partial charge in [0.15, 0.2) is 5.16 Å². The van der Waals surface area contributed by atoms with Crippen LogP contribution in [0.25, 0.3) is 20.7 Å². The van der Waals surface area contributed by atoms with Crippen molar-refractivity contribution in [2.75, 3.05) is 0 Å². The molecule has 0 aliphatic heterocycles. The Kier molecular flexibility index (Phi) is 5.11. The van der Waals surface area contributed by atoms with E-state index in [0.717, 1.165) is 15.0 Å². The third-order valence-corrected chi connectivity index (χ3v) is 6.80. The smallest absolute Gasteiger partial charge is 0.287 e. The van der Waals surface area contributed by atoms with Gasteiger partial charge < -0.3 is 0 Å². The van der Waals surface area contributed by atoms with E-state index in [1.165, 1.54) is 35.5 Å². The van der Waals surface area contributed by atoms with Gasteiger partial charge >= 0.3 is 6.55 Å². The molecule has 5 nitrogen and oxygen atoms in total. The Morgan fingerprint density at radius 3 is 2.89 bits per heavy atom. The number of hydrogen-bond donors (Lipinski definition) is 0. The van der Waals surface area contributed by atoms with Crippen LogP contribution in [0.1, 0.15) is 19.3 Å². The first-order valence-corrected chi connectivity index (χ1v) is 10.8. The number of imidazole rings is 1. The fourth-order valence-electron chi connectivity index (χ4n) is 2.77. The summed E-state index contributed by atoms with van der Waals surface area (Å²) in [4.78, 5) is 23.4. The predicted molar refractivity (Wildman–Crippen MR) is 106 cm³/mol. The maximum absolute atomic E-state index is 13.1. The molecular weight excluding hydrogens is 410 g/mol. The molecule has 0 spiro atoms. The molecule has 0 amide bonds. The van der Waals surface area contributed by atoms with Crippen molar-refractivity contribution >= 4 is 44.7 Å². The topological polar surface area (TPSA) is 52.7 Å². The summed E-state index contributed by atoms with van der Waals surface area (Å²) in [5, 5.41) is 5.05. The van der Waals surface area contributed by atoms with Gasteiger partial charge in [0.25, 0.3) is 5.56 Å². The second kappa shape index (κ2) is 7.53. The predicted octanol–water partition coefficient (Wildman–Crippen LogP) is 5.09. The van der Waals surface area contributed by atoms with Crippen molar-refractivity contribution in [3.63, 3.8) is 0 Å².